The number of allylic oxidation sites excluding steroid dienone is 4. The molecule has 2 aromatic carbocycles. The number of carbonyl (C=O) groups excluding carboxylic acids is 1. The second kappa shape index (κ2) is 10.7. The first kappa shape index (κ1) is 25.2. The average molecular weight is 469 g/mol. The lowest BCUT2D eigenvalue weighted by Crippen LogP contribution is -2.36. The van der Waals surface area contributed by atoms with Gasteiger partial charge in [-0.25, -0.2) is 0 Å². The monoisotopic (exact) mass is 468 g/mol. The molecule has 0 aromatic heterocycles. The minimum atomic E-state index is -1.58. The summed E-state index contributed by atoms with van der Waals surface area (Å²) in [6.45, 7) is 6.16. The van der Waals surface area contributed by atoms with Crippen molar-refractivity contribution in [2.24, 2.45) is 0 Å². The summed E-state index contributed by atoms with van der Waals surface area (Å²) in [5.74, 6) is -1.21. The van der Waals surface area contributed by atoms with E-state index < -0.39 is 18.0 Å². The summed E-state index contributed by atoms with van der Waals surface area (Å²) in [4.78, 5) is 13.0. The van der Waals surface area contributed by atoms with Crippen LogP contribution in [0.1, 0.15) is 67.6 Å². The van der Waals surface area contributed by atoms with E-state index in [1.54, 1.807) is 0 Å². The van der Waals surface area contributed by atoms with Crippen molar-refractivity contribution in [1.29, 1.82) is 0 Å². The third kappa shape index (κ3) is 5.37. The minimum absolute atomic E-state index is 0.0143. The number of phenolic OH excluding ortho intramolecular Hbond substituents is 3. The highest BCUT2D eigenvalue weighted by atomic mass is 16.5. The van der Waals surface area contributed by atoms with Crippen molar-refractivity contribution in [2.45, 2.75) is 58.7 Å². The largest absolute Gasteiger partial charge is 0.507 e. The Hall–Kier alpha value is -3.45. The van der Waals surface area contributed by atoms with Gasteiger partial charge in [-0.1, -0.05) is 29.4 Å². The van der Waals surface area contributed by atoms with Gasteiger partial charge in [-0.05, 0) is 64.2 Å². The number of phenols is 3. The Bertz CT molecular complexity index is 1130. The van der Waals surface area contributed by atoms with Crippen LogP contribution in [-0.2, 0) is 6.42 Å². The number of Topliss-reactive ketones (excluding diaryl/α,β-unsaturated/α-hetero) is 1. The quantitative estimate of drug-likeness (QED) is 0.398. The van der Waals surface area contributed by atoms with Crippen LogP contribution >= 0.6 is 0 Å². The van der Waals surface area contributed by atoms with Crippen LogP contribution in [0.2, 0.25) is 0 Å². The highest BCUT2D eigenvalue weighted by molar-refractivity contribution is 6.06. The lowest BCUT2D eigenvalue weighted by atomic mass is 9.90. The zero-order valence-electron chi connectivity index (χ0n) is 20.0. The first-order valence-electron chi connectivity index (χ1n) is 11.3. The number of fused-ring (bicyclic) bond motifs is 1. The van der Waals surface area contributed by atoms with Gasteiger partial charge in [-0.15, -0.1) is 0 Å². The number of carbonyl (C=O) groups is 1. The summed E-state index contributed by atoms with van der Waals surface area (Å²) >= 11 is 0. The Labute approximate surface area is 199 Å². The van der Waals surface area contributed by atoms with Crippen molar-refractivity contribution in [3.63, 3.8) is 0 Å². The molecule has 4 N–H and O–H groups in total. The van der Waals surface area contributed by atoms with Crippen molar-refractivity contribution in [1.82, 2.24) is 0 Å². The molecular formula is C27H32O7. The third-order valence-corrected chi connectivity index (χ3v) is 5.91. The molecule has 0 saturated carbocycles. The smallest absolute Gasteiger partial charge is 0.202 e. The van der Waals surface area contributed by atoms with Crippen LogP contribution in [0.25, 0.3) is 0 Å². The number of ketones is 1. The van der Waals surface area contributed by atoms with E-state index in [1.807, 2.05) is 6.92 Å². The fourth-order valence-electron chi connectivity index (χ4n) is 4.01. The SMILES string of the molecule is COc1cc([C@H]2Oc3cc(O)c(CC/C=C(\C)CCC=C(C)C)c(O)c3C(=O)[C@@H]2O)ccc1O. The van der Waals surface area contributed by atoms with Gasteiger partial charge in [-0.3, -0.25) is 4.79 Å². The lowest BCUT2D eigenvalue weighted by molar-refractivity contribution is 0.0209. The molecule has 182 valence electrons. The van der Waals surface area contributed by atoms with Crippen LogP contribution in [0.5, 0.6) is 28.7 Å². The predicted octanol–water partition coefficient (Wildman–Crippen LogP) is 5.11. The van der Waals surface area contributed by atoms with Gasteiger partial charge in [0.1, 0.15) is 22.8 Å². The highest BCUT2D eigenvalue weighted by Gasteiger charge is 2.40. The zero-order chi connectivity index (χ0) is 25.0. The van der Waals surface area contributed by atoms with Gasteiger partial charge < -0.3 is 29.9 Å². The summed E-state index contributed by atoms with van der Waals surface area (Å²) in [5, 5.41) is 41.8. The van der Waals surface area contributed by atoms with Crippen molar-refractivity contribution < 1.29 is 34.7 Å². The molecule has 0 spiro atoms. The molecule has 0 aliphatic carbocycles. The zero-order valence-corrected chi connectivity index (χ0v) is 20.0. The summed E-state index contributed by atoms with van der Waals surface area (Å²) in [5.41, 5.74) is 2.97. The number of aliphatic hydroxyl groups is 1. The number of aromatic hydroxyl groups is 3. The average Bonchev–Trinajstić information content (AvgIpc) is 2.78. The maximum atomic E-state index is 13.0. The Morgan fingerprint density at radius 3 is 2.47 bits per heavy atom. The van der Waals surface area contributed by atoms with Crippen molar-refractivity contribution in [3.05, 3.63) is 64.3 Å². The molecule has 0 saturated heterocycles. The Balaban J connectivity index is 1.83. The van der Waals surface area contributed by atoms with Crippen molar-refractivity contribution in [2.75, 3.05) is 7.11 Å². The number of rotatable bonds is 8. The molecule has 0 fully saturated rings. The van der Waals surface area contributed by atoms with E-state index in [2.05, 4.69) is 26.0 Å². The van der Waals surface area contributed by atoms with Gasteiger partial charge in [0.25, 0.3) is 0 Å². The molecule has 0 bridgehead atoms. The van der Waals surface area contributed by atoms with Gasteiger partial charge >= 0.3 is 0 Å². The molecule has 3 rings (SSSR count). The minimum Gasteiger partial charge on any atom is -0.507 e. The summed E-state index contributed by atoms with van der Waals surface area (Å²) < 4.78 is 10.9. The van der Waals surface area contributed by atoms with E-state index >= 15 is 0 Å². The number of methoxy groups -OCH3 is 1. The van der Waals surface area contributed by atoms with E-state index in [0.29, 0.717) is 18.4 Å². The fraction of sp³-hybridized carbons (Fsp3) is 0.370. The van der Waals surface area contributed by atoms with E-state index in [9.17, 15) is 25.2 Å². The van der Waals surface area contributed by atoms with Crippen LogP contribution < -0.4 is 9.47 Å². The molecule has 0 amide bonds. The molecule has 0 radical (unpaired) electrons. The Kier molecular flexibility index (Phi) is 7.89. The van der Waals surface area contributed by atoms with Crippen LogP contribution in [0.4, 0.5) is 0 Å². The normalized spacial score (nSPS) is 17.7. The van der Waals surface area contributed by atoms with Crippen LogP contribution in [0, 0.1) is 0 Å². The predicted molar refractivity (Wildman–Crippen MR) is 129 cm³/mol. The molecule has 1 aliphatic rings. The van der Waals surface area contributed by atoms with Gasteiger partial charge in [0.05, 0.1) is 7.11 Å². The molecule has 7 nitrogen and oxygen atoms in total. The van der Waals surface area contributed by atoms with Gasteiger partial charge in [0.2, 0.25) is 5.78 Å². The second-order valence-electron chi connectivity index (χ2n) is 8.78. The number of hydrogen-bond acceptors (Lipinski definition) is 7. The molecule has 2 atom stereocenters. The molecule has 34 heavy (non-hydrogen) atoms. The summed E-state index contributed by atoms with van der Waals surface area (Å²) in [7, 11) is 1.38. The number of hydrogen-bond donors (Lipinski definition) is 4. The molecule has 0 unspecified atom stereocenters. The maximum absolute atomic E-state index is 13.0. The molecule has 7 heteroatoms. The number of ether oxygens (including phenoxy) is 2. The standard InChI is InChI=1S/C27H32O7/c1-15(2)7-5-8-16(3)9-6-10-18-20(29)14-22-23(24(18)30)25(31)26(32)27(34-22)17-11-12-19(28)21(13-17)33-4/h7,9,11-14,26-30,32H,5-6,8,10H2,1-4H3/b16-9+/t26-,27+/m0/s1. The molecule has 1 aliphatic heterocycles. The lowest BCUT2D eigenvalue weighted by Gasteiger charge is -2.31. The molecule has 2 aromatic rings. The van der Waals surface area contributed by atoms with E-state index in [4.69, 9.17) is 9.47 Å². The highest BCUT2D eigenvalue weighted by Crippen LogP contribution is 2.45. The molecule has 1 heterocycles. The first-order valence-corrected chi connectivity index (χ1v) is 11.3. The van der Waals surface area contributed by atoms with Gasteiger partial charge in [0, 0.05) is 11.6 Å². The van der Waals surface area contributed by atoms with Gasteiger partial charge in [0.15, 0.2) is 23.7 Å². The van der Waals surface area contributed by atoms with Crippen molar-refractivity contribution >= 4 is 5.78 Å². The van der Waals surface area contributed by atoms with Crippen LogP contribution in [0.3, 0.4) is 0 Å². The Morgan fingerprint density at radius 2 is 1.79 bits per heavy atom. The fourth-order valence-corrected chi connectivity index (χ4v) is 4.01. The van der Waals surface area contributed by atoms with Gasteiger partial charge in [-0.2, -0.15) is 0 Å². The van der Waals surface area contributed by atoms with E-state index in [1.165, 1.54) is 42.5 Å². The number of benzene rings is 2. The van der Waals surface area contributed by atoms with E-state index in [-0.39, 0.29) is 39.9 Å². The first-order chi connectivity index (χ1) is 16.1. The maximum Gasteiger partial charge on any atom is 0.202 e. The summed E-state index contributed by atoms with van der Waals surface area (Å²) in [6, 6.07) is 5.63. The van der Waals surface area contributed by atoms with E-state index in [0.717, 1.165) is 12.8 Å². The van der Waals surface area contributed by atoms with Crippen LogP contribution in [0.15, 0.2) is 47.6 Å². The van der Waals surface area contributed by atoms with Crippen LogP contribution in [-0.4, -0.2) is 39.4 Å². The summed E-state index contributed by atoms with van der Waals surface area (Å²) in [6.07, 6.45) is 4.34. The number of aliphatic hydroxyl groups excluding tert-OH is 1. The third-order valence-electron chi connectivity index (χ3n) is 5.91. The second-order valence-corrected chi connectivity index (χ2v) is 8.78. The Morgan fingerprint density at radius 1 is 1.06 bits per heavy atom. The van der Waals surface area contributed by atoms with Crippen molar-refractivity contribution in [3.8, 4) is 28.7 Å². The topological polar surface area (TPSA) is 116 Å². The molecular weight excluding hydrogens is 436 g/mol.